The van der Waals surface area contributed by atoms with Crippen LogP contribution in [0.1, 0.15) is 11.1 Å². The van der Waals surface area contributed by atoms with Crippen molar-refractivity contribution in [1.82, 2.24) is 4.90 Å². The molecular weight excluding hydrogens is 244 g/mol. The number of carbonyl (C=O) groups excluding carboxylic acids is 1. The second-order valence-corrected chi connectivity index (χ2v) is 4.98. The van der Waals surface area contributed by atoms with E-state index in [4.69, 9.17) is 15.2 Å². The van der Waals surface area contributed by atoms with Crippen LogP contribution in [0.5, 0.6) is 5.75 Å². The van der Waals surface area contributed by atoms with E-state index in [1.165, 1.54) is 11.1 Å². The van der Waals surface area contributed by atoms with Crippen LogP contribution in [0.2, 0.25) is 0 Å². The summed E-state index contributed by atoms with van der Waals surface area (Å²) < 4.78 is 10.6. The van der Waals surface area contributed by atoms with E-state index in [-0.39, 0.29) is 12.2 Å². The lowest BCUT2D eigenvalue weighted by Crippen LogP contribution is -2.29. The van der Waals surface area contributed by atoms with Crippen LogP contribution in [0.4, 0.5) is 4.79 Å². The van der Waals surface area contributed by atoms with Gasteiger partial charge in [0.1, 0.15) is 11.9 Å². The smallest absolute Gasteiger partial charge is 0.410 e. The average molecular weight is 262 g/mol. The Bertz CT molecular complexity index is 490. The lowest BCUT2D eigenvalue weighted by molar-refractivity contribution is 0.135. The fourth-order valence-electron chi connectivity index (χ4n) is 2.54. The summed E-state index contributed by atoms with van der Waals surface area (Å²) in [5.41, 5.74) is 8.00. The van der Waals surface area contributed by atoms with E-state index in [9.17, 15) is 4.79 Å². The highest BCUT2D eigenvalue weighted by Gasteiger charge is 2.29. The minimum Gasteiger partial charge on any atom is -0.493 e. The highest BCUT2D eigenvalue weighted by Crippen LogP contribution is 2.26. The number of amides is 1. The third kappa shape index (κ3) is 2.51. The van der Waals surface area contributed by atoms with Crippen LogP contribution in [-0.4, -0.2) is 43.3 Å². The van der Waals surface area contributed by atoms with Crippen molar-refractivity contribution in [2.24, 2.45) is 5.73 Å². The second-order valence-electron chi connectivity index (χ2n) is 4.98. The Kier molecular flexibility index (Phi) is 3.29. The topological polar surface area (TPSA) is 64.8 Å². The van der Waals surface area contributed by atoms with Crippen LogP contribution in [0.3, 0.4) is 0 Å². The van der Waals surface area contributed by atoms with E-state index < -0.39 is 0 Å². The van der Waals surface area contributed by atoms with Crippen LogP contribution in [0.15, 0.2) is 18.2 Å². The molecule has 19 heavy (non-hydrogen) atoms. The maximum absolute atomic E-state index is 11.6. The van der Waals surface area contributed by atoms with Crippen molar-refractivity contribution in [1.29, 1.82) is 0 Å². The first kappa shape index (κ1) is 12.3. The monoisotopic (exact) mass is 262 g/mol. The number of nitrogens with zero attached hydrogens (tertiary/aromatic N) is 1. The van der Waals surface area contributed by atoms with Gasteiger partial charge in [0.15, 0.2) is 0 Å². The molecule has 5 heteroatoms. The first-order valence-corrected chi connectivity index (χ1v) is 6.66. The number of hydrogen-bond acceptors (Lipinski definition) is 4. The highest BCUT2D eigenvalue weighted by molar-refractivity contribution is 5.69. The predicted octanol–water partition coefficient (Wildman–Crippen LogP) is 0.944. The third-order valence-electron chi connectivity index (χ3n) is 3.64. The molecule has 1 saturated heterocycles. The Morgan fingerprint density at radius 3 is 3.11 bits per heavy atom. The van der Waals surface area contributed by atoms with Crippen molar-refractivity contribution in [3.63, 3.8) is 0 Å². The lowest BCUT2D eigenvalue weighted by Gasteiger charge is -2.12. The molecule has 1 aromatic rings. The van der Waals surface area contributed by atoms with Gasteiger partial charge < -0.3 is 20.1 Å². The van der Waals surface area contributed by atoms with Gasteiger partial charge in [-0.2, -0.15) is 0 Å². The van der Waals surface area contributed by atoms with Gasteiger partial charge in [0.05, 0.1) is 13.2 Å². The normalized spacial score (nSPS) is 21.2. The molecule has 1 atom stereocenters. The van der Waals surface area contributed by atoms with Gasteiger partial charge in [-0.05, 0) is 23.6 Å². The van der Waals surface area contributed by atoms with Crippen molar-refractivity contribution in [2.45, 2.75) is 18.9 Å². The molecule has 1 amide bonds. The molecule has 1 unspecified atom stereocenters. The largest absolute Gasteiger partial charge is 0.493 e. The van der Waals surface area contributed by atoms with Crippen LogP contribution >= 0.6 is 0 Å². The molecular formula is C14H18N2O3. The minimum absolute atomic E-state index is 0.152. The van der Waals surface area contributed by atoms with E-state index in [0.29, 0.717) is 19.6 Å². The maximum atomic E-state index is 11.6. The molecule has 1 aromatic carbocycles. The average Bonchev–Trinajstić information content (AvgIpc) is 3.02. The molecule has 2 aliphatic heterocycles. The van der Waals surface area contributed by atoms with Crippen LogP contribution in [0, 0.1) is 0 Å². The molecule has 0 aliphatic carbocycles. The fourth-order valence-corrected chi connectivity index (χ4v) is 2.54. The quantitative estimate of drug-likeness (QED) is 0.877. The van der Waals surface area contributed by atoms with Gasteiger partial charge in [0.25, 0.3) is 0 Å². The molecule has 0 saturated carbocycles. The number of hydrogen-bond donors (Lipinski definition) is 1. The highest BCUT2D eigenvalue weighted by atomic mass is 16.6. The van der Waals surface area contributed by atoms with Gasteiger partial charge in [-0.3, -0.25) is 0 Å². The van der Waals surface area contributed by atoms with Crippen LogP contribution in [0.25, 0.3) is 0 Å². The second kappa shape index (κ2) is 5.09. The van der Waals surface area contributed by atoms with E-state index in [2.05, 4.69) is 12.1 Å². The number of ether oxygens (including phenoxy) is 2. The zero-order chi connectivity index (χ0) is 13.2. The van der Waals surface area contributed by atoms with Gasteiger partial charge in [-0.15, -0.1) is 0 Å². The van der Waals surface area contributed by atoms with Gasteiger partial charge in [-0.1, -0.05) is 12.1 Å². The summed E-state index contributed by atoms with van der Waals surface area (Å²) in [6, 6.07) is 6.25. The Morgan fingerprint density at radius 2 is 2.32 bits per heavy atom. The number of nitrogens with two attached hydrogens (primary N) is 1. The number of carbonyl (C=O) groups is 1. The molecule has 0 radical (unpaired) electrons. The summed E-state index contributed by atoms with van der Waals surface area (Å²) in [7, 11) is 0. The van der Waals surface area contributed by atoms with Crippen molar-refractivity contribution >= 4 is 6.09 Å². The van der Waals surface area contributed by atoms with Crippen molar-refractivity contribution in [3.05, 3.63) is 29.3 Å². The lowest BCUT2D eigenvalue weighted by atomic mass is 10.1. The van der Waals surface area contributed by atoms with Crippen molar-refractivity contribution in [2.75, 3.05) is 26.2 Å². The first-order valence-electron chi connectivity index (χ1n) is 6.66. The summed E-state index contributed by atoms with van der Waals surface area (Å²) in [6.45, 7) is 2.44. The summed E-state index contributed by atoms with van der Waals surface area (Å²) in [4.78, 5) is 13.3. The molecule has 1 fully saturated rings. The number of rotatable bonds is 4. The summed E-state index contributed by atoms with van der Waals surface area (Å²) >= 11 is 0. The molecule has 0 aromatic heterocycles. The van der Waals surface area contributed by atoms with Crippen molar-refractivity contribution < 1.29 is 14.3 Å². The molecule has 102 valence electrons. The van der Waals surface area contributed by atoms with E-state index in [1.807, 2.05) is 6.07 Å². The molecule has 0 bridgehead atoms. The van der Waals surface area contributed by atoms with Gasteiger partial charge in [0, 0.05) is 19.5 Å². The summed E-state index contributed by atoms with van der Waals surface area (Å²) in [5.74, 6) is 0.993. The maximum Gasteiger partial charge on any atom is 0.410 e. The fraction of sp³-hybridized carbons (Fsp3) is 0.500. The molecule has 2 N–H and O–H groups in total. The molecule has 0 spiro atoms. The minimum atomic E-state index is -0.250. The number of cyclic esters (lactones) is 1. The van der Waals surface area contributed by atoms with E-state index in [1.54, 1.807) is 4.90 Å². The number of fused-ring (bicyclic) bond motifs is 1. The summed E-state index contributed by atoms with van der Waals surface area (Å²) in [6.07, 6.45) is 1.41. The van der Waals surface area contributed by atoms with E-state index >= 15 is 0 Å². The predicted molar refractivity (Wildman–Crippen MR) is 70.2 cm³/mol. The van der Waals surface area contributed by atoms with Gasteiger partial charge >= 0.3 is 6.09 Å². The Hall–Kier alpha value is -1.75. The molecule has 2 aliphatic rings. The zero-order valence-corrected chi connectivity index (χ0v) is 10.8. The zero-order valence-electron chi connectivity index (χ0n) is 10.8. The Balaban J connectivity index is 1.59. The van der Waals surface area contributed by atoms with Crippen LogP contribution < -0.4 is 10.5 Å². The summed E-state index contributed by atoms with van der Waals surface area (Å²) in [5, 5.41) is 0. The third-order valence-corrected chi connectivity index (χ3v) is 3.64. The Labute approximate surface area is 112 Å². The van der Waals surface area contributed by atoms with Gasteiger partial charge in [0.2, 0.25) is 0 Å². The Morgan fingerprint density at radius 1 is 1.42 bits per heavy atom. The molecule has 3 rings (SSSR count). The first-order chi connectivity index (χ1) is 9.26. The van der Waals surface area contributed by atoms with Crippen LogP contribution in [-0.2, 0) is 17.6 Å². The van der Waals surface area contributed by atoms with Crippen molar-refractivity contribution in [3.8, 4) is 5.75 Å². The molecule has 5 nitrogen and oxygen atoms in total. The standard InChI is InChI=1S/C14H18N2O3/c15-8-12-9-16(14(17)19-12)5-3-10-1-2-13-11(7-10)4-6-18-13/h1-2,7,12H,3-6,8-9,15H2. The van der Waals surface area contributed by atoms with E-state index in [0.717, 1.165) is 25.2 Å². The number of benzene rings is 1. The SMILES string of the molecule is NCC1CN(CCc2ccc3c(c2)CCO3)C(=O)O1. The van der Waals surface area contributed by atoms with Gasteiger partial charge in [-0.25, -0.2) is 4.79 Å². The molecule has 2 heterocycles.